The molecule has 0 bridgehead atoms. The van der Waals surface area contributed by atoms with Crippen molar-refractivity contribution in [3.05, 3.63) is 106 Å². The molecule has 3 aromatic rings. The number of nitrogens with one attached hydrogen (secondary N) is 2. The summed E-state index contributed by atoms with van der Waals surface area (Å²) in [5.74, 6) is 0.648. The van der Waals surface area contributed by atoms with Gasteiger partial charge in [0.15, 0.2) is 0 Å². The van der Waals surface area contributed by atoms with E-state index in [2.05, 4.69) is 67.8 Å². The highest BCUT2D eigenvalue weighted by atomic mass is 35.5. The second-order valence-electron chi connectivity index (χ2n) is 10.1. The summed E-state index contributed by atoms with van der Waals surface area (Å²) in [4.78, 5) is 12.9. The maximum absolute atomic E-state index is 12.9. The van der Waals surface area contributed by atoms with Gasteiger partial charge in [0.2, 0.25) is 0 Å². The molecule has 0 fully saturated rings. The largest absolute Gasteiger partial charge is 0.378 e. The SMILES string of the molecule is CC(C)(C)c1ccc(C(=O)Nc2ccc3c(c2)C2C=CCC2C(c2cccc(Cl)c2)N3)cc1. The molecule has 33 heavy (non-hydrogen) atoms. The van der Waals surface area contributed by atoms with Crippen LogP contribution < -0.4 is 10.6 Å². The zero-order valence-corrected chi connectivity index (χ0v) is 20.0. The first-order chi connectivity index (χ1) is 15.8. The number of anilines is 2. The Bertz CT molecular complexity index is 1220. The van der Waals surface area contributed by atoms with Crippen LogP contribution in [0.5, 0.6) is 0 Å². The molecule has 0 aromatic heterocycles. The molecule has 3 atom stereocenters. The number of hydrogen-bond donors (Lipinski definition) is 2. The first-order valence-corrected chi connectivity index (χ1v) is 11.9. The third-order valence-corrected chi connectivity index (χ3v) is 7.08. The number of hydrogen-bond acceptors (Lipinski definition) is 2. The highest BCUT2D eigenvalue weighted by Gasteiger charge is 2.38. The number of allylic oxidation sites excluding steroid dienone is 2. The summed E-state index contributed by atoms with van der Waals surface area (Å²) in [6.07, 6.45) is 5.59. The fourth-order valence-electron chi connectivity index (χ4n) is 5.03. The van der Waals surface area contributed by atoms with Crippen LogP contribution in [0.25, 0.3) is 0 Å². The molecule has 1 aliphatic carbocycles. The van der Waals surface area contributed by atoms with E-state index < -0.39 is 0 Å². The minimum absolute atomic E-state index is 0.0643. The van der Waals surface area contributed by atoms with E-state index in [4.69, 9.17) is 11.6 Å². The number of amides is 1. The minimum atomic E-state index is -0.0884. The van der Waals surface area contributed by atoms with Gasteiger partial charge >= 0.3 is 0 Å². The van der Waals surface area contributed by atoms with Gasteiger partial charge in [0.25, 0.3) is 5.91 Å². The molecule has 3 unspecified atom stereocenters. The van der Waals surface area contributed by atoms with Crippen molar-refractivity contribution in [2.75, 3.05) is 10.6 Å². The van der Waals surface area contributed by atoms with Crippen LogP contribution >= 0.6 is 11.6 Å². The Hall–Kier alpha value is -3.04. The van der Waals surface area contributed by atoms with E-state index >= 15 is 0 Å². The lowest BCUT2D eigenvalue weighted by Crippen LogP contribution is -2.29. The number of carbonyl (C=O) groups is 1. The van der Waals surface area contributed by atoms with Gasteiger partial charge in [0.05, 0.1) is 6.04 Å². The van der Waals surface area contributed by atoms with Gasteiger partial charge in [-0.05, 0) is 76.9 Å². The molecule has 2 N–H and O–H groups in total. The molecule has 2 aliphatic rings. The highest BCUT2D eigenvalue weighted by molar-refractivity contribution is 6.30. The molecule has 1 heterocycles. The van der Waals surface area contributed by atoms with Crippen molar-refractivity contribution in [3.8, 4) is 0 Å². The Morgan fingerprint density at radius 1 is 1.03 bits per heavy atom. The quantitative estimate of drug-likeness (QED) is 0.396. The number of rotatable bonds is 3. The van der Waals surface area contributed by atoms with Crippen LogP contribution in [0.1, 0.15) is 66.2 Å². The lowest BCUT2D eigenvalue weighted by atomic mass is 9.77. The first-order valence-electron chi connectivity index (χ1n) is 11.5. The molecule has 4 heteroatoms. The molecule has 0 spiro atoms. The van der Waals surface area contributed by atoms with Crippen molar-refractivity contribution in [3.63, 3.8) is 0 Å². The number of halogens is 1. The molecule has 0 saturated carbocycles. The highest BCUT2D eigenvalue weighted by Crippen LogP contribution is 2.50. The van der Waals surface area contributed by atoms with Crippen molar-refractivity contribution < 1.29 is 4.79 Å². The molecular weight excluding hydrogens is 428 g/mol. The Labute approximate surface area is 200 Å². The van der Waals surface area contributed by atoms with E-state index in [0.29, 0.717) is 17.4 Å². The molecular formula is C29H29ClN2O. The summed E-state index contributed by atoms with van der Waals surface area (Å²) < 4.78 is 0. The average molecular weight is 457 g/mol. The second-order valence-corrected chi connectivity index (χ2v) is 10.6. The molecule has 0 radical (unpaired) electrons. The second kappa shape index (κ2) is 8.39. The Morgan fingerprint density at radius 3 is 2.55 bits per heavy atom. The van der Waals surface area contributed by atoms with Crippen LogP contribution in [0.15, 0.2) is 78.9 Å². The van der Waals surface area contributed by atoms with E-state index in [1.807, 2.05) is 42.5 Å². The van der Waals surface area contributed by atoms with Gasteiger partial charge in [-0.3, -0.25) is 4.79 Å². The van der Waals surface area contributed by atoms with Gasteiger partial charge < -0.3 is 10.6 Å². The van der Waals surface area contributed by atoms with Crippen LogP contribution in [0.3, 0.4) is 0 Å². The third kappa shape index (κ3) is 4.30. The predicted octanol–water partition coefficient (Wildman–Crippen LogP) is 7.72. The van der Waals surface area contributed by atoms with Crippen molar-refractivity contribution in [1.29, 1.82) is 0 Å². The van der Waals surface area contributed by atoms with Gasteiger partial charge in [0.1, 0.15) is 0 Å². The van der Waals surface area contributed by atoms with E-state index in [1.165, 1.54) is 16.7 Å². The van der Waals surface area contributed by atoms with Gasteiger partial charge in [-0.2, -0.15) is 0 Å². The summed E-state index contributed by atoms with van der Waals surface area (Å²) >= 11 is 6.27. The molecule has 3 nitrogen and oxygen atoms in total. The maximum atomic E-state index is 12.9. The van der Waals surface area contributed by atoms with Crippen molar-refractivity contribution >= 4 is 28.9 Å². The van der Waals surface area contributed by atoms with Crippen LogP contribution in [0.4, 0.5) is 11.4 Å². The van der Waals surface area contributed by atoms with Crippen LogP contribution in [0.2, 0.25) is 5.02 Å². The van der Waals surface area contributed by atoms with Gasteiger partial charge in [-0.25, -0.2) is 0 Å². The fourth-order valence-corrected chi connectivity index (χ4v) is 5.23. The van der Waals surface area contributed by atoms with Crippen molar-refractivity contribution in [1.82, 2.24) is 0 Å². The summed E-state index contributed by atoms with van der Waals surface area (Å²) in [5.41, 5.74) is 6.32. The fraction of sp³-hybridized carbons (Fsp3) is 0.276. The van der Waals surface area contributed by atoms with Crippen LogP contribution in [0, 0.1) is 5.92 Å². The Kier molecular flexibility index (Phi) is 5.54. The van der Waals surface area contributed by atoms with Crippen molar-refractivity contribution in [2.24, 2.45) is 5.92 Å². The summed E-state index contributed by atoms with van der Waals surface area (Å²) in [5, 5.41) is 7.58. The normalized spacial score (nSPS) is 21.2. The van der Waals surface area contributed by atoms with E-state index in [9.17, 15) is 4.79 Å². The van der Waals surface area contributed by atoms with Gasteiger partial charge in [-0.15, -0.1) is 0 Å². The molecule has 5 rings (SSSR count). The number of fused-ring (bicyclic) bond motifs is 3. The van der Waals surface area contributed by atoms with E-state index in [1.54, 1.807) is 0 Å². The first kappa shape index (κ1) is 21.8. The lowest BCUT2D eigenvalue weighted by Gasteiger charge is -2.37. The maximum Gasteiger partial charge on any atom is 0.255 e. The Morgan fingerprint density at radius 2 is 1.82 bits per heavy atom. The summed E-state index contributed by atoms with van der Waals surface area (Å²) in [6, 6.07) is 22.4. The zero-order chi connectivity index (χ0) is 23.2. The summed E-state index contributed by atoms with van der Waals surface area (Å²) in [6.45, 7) is 6.51. The molecule has 1 aliphatic heterocycles. The number of carbonyl (C=O) groups excluding carboxylic acids is 1. The number of benzene rings is 3. The van der Waals surface area contributed by atoms with E-state index in [0.717, 1.165) is 22.8 Å². The molecule has 1 amide bonds. The monoisotopic (exact) mass is 456 g/mol. The topological polar surface area (TPSA) is 41.1 Å². The average Bonchev–Trinajstić information content (AvgIpc) is 3.28. The molecule has 0 saturated heterocycles. The standard InChI is InChI=1S/C29H29ClN2O/c1-29(2,3)20-12-10-18(11-13-20)28(33)31-22-14-15-26-25(17-22)23-8-5-9-24(23)27(32-26)19-6-4-7-21(30)16-19/h4-8,10-17,23-24,27,32H,9H2,1-3H3,(H,31,33). The van der Waals surface area contributed by atoms with Crippen LogP contribution in [-0.4, -0.2) is 5.91 Å². The molecule has 3 aromatic carbocycles. The smallest absolute Gasteiger partial charge is 0.255 e. The van der Waals surface area contributed by atoms with E-state index in [-0.39, 0.29) is 17.4 Å². The lowest BCUT2D eigenvalue weighted by molar-refractivity contribution is 0.102. The minimum Gasteiger partial charge on any atom is -0.378 e. The Balaban J connectivity index is 1.38. The third-order valence-electron chi connectivity index (χ3n) is 6.84. The zero-order valence-electron chi connectivity index (χ0n) is 19.2. The van der Waals surface area contributed by atoms with Crippen LogP contribution in [-0.2, 0) is 5.41 Å². The van der Waals surface area contributed by atoms with Crippen molar-refractivity contribution in [2.45, 2.75) is 44.6 Å². The van der Waals surface area contributed by atoms with Gasteiger partial charge in [-0.1, -0.05) is 68.8 Å². The molecule has 168 valence electrons. The van der Waals surface area contributed by atoms with Gasteiger partial charge in [0, 0.05) is 27.9 Å². The predicted molar refractivity (Wildman–Crippen MR) is 137 cm³/mol. The summed E-state index contributed by atoms with van der Waals surface area (Å²) in [7, 11) is 0.